The summed E-state index contributed by atoms with van der Waals surface area (Å²) in [5, 5.41) is 6.92. The lowest BCUT2D eigenvalue weighted by atomic mass is 10.1. The molecular weight excluding hydrogens is 502 g/mol. The largest absolute Gasteiger partial charge is 0.494 e. The number of nitrogens with zero attached hydrogens (tertiary/aromatic N) is 3. The zero-order valence-corrected chi connectivity index (χ0v) is 22.4. The van der Waals surface area contributed by atoms with Crippen LogP contribution in [0.4, 0.5) is 0 Å². The van der Waals surface area contributed by atoms with Crippen LogP contribution in [0.1, 0.15) is 56.1 Å². The van der Waals surface area contributed by atoms with Gasteiger partial charge in [-0.05, 0) is 72.5 Å². The number of aromatic nitrogens is 2. The van der Waals surface area contributed by atoms with Crippen molar-refractivity contribution in [1.82, 2.24) is 25.5 Å². The van der Waals surface area contributed by atoms with Gasteiger partial charge in [-0.15, -0.1) is 0 Å². The van der Waals surface area contributed by atoms with Crippen LogP contribution in [0.2, 0.25) is 0 Å². The molecule has 0 saturated heterocycles. The van der Waals surface area contributed by atoms with E-state index in [1.807, 2.05) is 36.4 Å². The molecule has 1 aliphatic heterocycles. The van der Waals surface area contributed by atoms with Gasteiger partial charge in [0, 0.05) is 45.1 Å². The lowest BCUT2D eigenvalue weighted by Gasteiger charge is -2.15. The second kappa shape index (κ2) is 13.6. The van der Waals surface area contributed by atoms with E-state index in [-0.39, 0.29) is 11.8 Å². The highest BCUT2D eigenvalue weighted by molar-refractivity contribution is 6.21. The molecule has 2 aromatic carbocycles. The molecule has 0 spiro atoms. The number of hydrogen-bond donors (Lipinski definition) is 2. The highest BCUT2D eigenvalue weighted by Crippen LogP contribution is 2.23. The Labute approximate surface area is 234 Å². The summed E-state index contributed by atoms with van der Waals surface area (Å²) < 4.78 is 6.13. The van der Waals surface area contributed by atoms with Crippen molar-refractivity contribution in [2.24, 2.45) is 0 Å². The third kappa shape index (κ3) is 7.16. The van der Waals surface area contributed by atoms with Gasteiger partial charge >= 0.3 is 0 Å². The second-order valence-electron chi connectivity index (χ2n) is 9.70. The molecule has 2 N–H and O–H groups in total. The number of fused-ring (bicyclic) bond motifs is 1. The summed E-state index contributed by atoms with van der Waals surface area (Å²) in [6, 6.07) is 25.1. The summed E-state index contributed by atoms with van der Waals surface area (Å²) >= 11 is 0. The van der Waals surface area contributed by atoms with Gasteiger partial charge in [0.15, 0.2) is 0 Å². The molecule has 3 heterocycles. The van der Waals surface area contributed by atoms with Gasteiger partial charge in [-0.2, -0.15) is 0 Å². The number of amides is 2. The minimum absolute atomic E-state index is 0.213. The van der Waals surface area contributed by atoms with E-state index in [1.54, 1.807) is 36.7 Å². The Hall–Kier alpha value is -4.40. The molecule has 40 heavy (non-hydrogen) atoms. The Morgan fingerprint density at radius 1 is 0.650 bits per heavy atom. The number of carbonyl (C=O) groups excluding carboxylic acids is 2. The summed E-state index contributed by atoms with van der Waals surface area (Å²) in [4.78, 5) is 35.2. The number of carbonyl (C=O) groups is 2. The highest BCUT2D eigenvalue weighted by atomic mass is 16.5. The molecule has 0 unspecified atom stereocenters. The molecule has 8 nitrogen and oxygen atoms in total. The first-order valence-electron chi connectivity index (χ1n) is 13.6. The number of pyridine rings is 2. The van der Waals surface area contributed by atoms with Crippen molar-refractivity contribution in [3.63, 3.8) is 0 Å². The third-order valence-corrected chi connectivity index (χ3v) is 6.67. The van der Waals surface area contributed by atoms with Crippen molar-refractivity contribution in [3.8, 4) is 5.75 Å². The van der Waals surface area contributed by atoms with Crippen LogP contribution in [0.15, 0.2) is 91.3 Å². The van der Waals surface area contributed by atoms with E-state index in [2.05, 4.69) is 38.8 Å². The minimum Gasteiger partial charge on any atom is -0.494 e. The molecule has 0 bridgehead atoms. The van der Waals surface area contributed by atoms with Gasteiger partial charge in [0.2, 0.25) is 0 Å². The molecule has 0 saturated carbocycles. The van der Waals surface area contributed by atoms with E-state index < -0.39 is 0 Å². The van der Waals surface area contributed by atoms with Crippen molar-refractivity contribution < 1.29 is 14.3 Å². The average Bonchev–Trinajstić information content (AvgIpc) is 3.23. The summed E-state index contributed by atoms with van der Waals surface area (Å²) in [6.45, 7) is 3.60. The number of nitrogens with one attached hydrogen (secondary N) is 2. The van der Waals surface area contributed by atoms with Crippen molar-refractivity contribution >= 4 is 11.8 Å². The molecule has 5 rings (SSSR count). The molecule has 2 aromatic heterocycles. The first kappa shape index (κ1) is 27.2. The normalized spacial score (nSPS) is 12.6. The van der Waals surface area contributed by atoms with Crippen LogP contribution in [0.3, 0.4) is 0 Å². The number of hydrogen-bond acceptors (Lipinski definition) is 7. The zero-order chi connectivity index (χ0) is 27.6. The Balaban J connectivity index is 1.14. The monoisotopic (exact) mass is 535 g/mol. The third-order valence-electron chi connectivity index (χ3n) is 6.67. The maximum atomic E-state index is 12.6. The fraction of sp³-hybridized carbons (Fsp3) is 0.250. The predicted octanol–water partition coefficient (Wildman–Crippen LogP) is 4.51. The standard InChI is InChI=1S/C32H33N5O3/c38-31-29-11-1-2-12-30(29)32(39)37(31)15-7-8-16-40-28-18-24(20-33-22-26-9-3-5-13-35-26)17-25(19-28)21-34-23-27-10-4-6-14-36-27/h1-6,9-14,17-19,33-34H,7-8,15-16,20-23H2. The van der Waals surface area contributed by atoms with Crippen LogP contribution < -0.4 is 15.4 Å². The predicted molar refractivity (Wildman–Crippen MR) is 153 cm³/mol. The Morgan fingerprint density at radius 2 is 1.20 bits per heavy atom. The lowest BCUT2D eigenvalue weighted by Crippen LogP contribution is -2.30. The van der Waals surface area contributed by atoms with Crippen LogP contribution >= 0.6 is 0 Å². The van der Waals surface area contributed by atoms with Crippen molar-refractivity contribution in [3.05, 3.63) is 125 Å². The first-order chi connectivity index (χ1) is 19.7. The highest BCUT2D eigenvalue weighted by Gasteiger charge is 2.34. The molecule has 0 radical (unpaired) electrons. The van der Waals surface area contributed by atoms with Crippen LogP contribution in [-0.4, -0.2) is 39.8 Å². The fourth-order valence-electron chi connectivity index (χ4n) is 4.70. The number of benzene rings is 2. The van der Waals surface area contributed by atoms with Gasteiger partial charge < -0.3 is 15.4 Å². The summed E-state index contributed by atoms with van der Waals surface area (Å²) in [7, 11) is 0. The molecule has 4 aromatic rings. The van der Waals surface area contributed by atoms with Gasteiger partial charge in [-0.1, -0.05) is 30.3 Å². The number of unbranched alkanes of at least 4 members (excludes halogenated alkanes) is 1. The Morgan fingerprint density at radius 3 is 1.73 bits per heavy atom. The maximum absolute atomic E-state index is 12.6. The molecule has 8 heteroatoms. The Kier molecular flexibility index (Phi) is 9.24. The van der Waals surface area contributed by atoms with E-state index >= 15 is 0 Å². The second-order valence-corrected chi connectivity index (χ2v) is 9.70. The summed E-state index contributed by atoms with van der Waals surface area (Å²) in [6.07, 6.45) is 4.99. The summed E-state index contributed by atoms with van der Waals surface area (Å²) in [5.74, 6) is 0.373. The summed E-state index contributed by atoms with van der Waals surface area (Å²) in [5.41, 5.74) is 5.20. The van der Waals surface area contributed by atoms with Gasteiger partial charge in [0.1, 0.15) is 5.75 Å². The molecule has 204 valence electrons. The van der Waals surface area contributed by atoms with Crippen molar-refractivity contribution in [2.75, 3.05) is 13.2 Å². The maximum Gasteiger partial charge on any atom is 0.261 e. The first-order valence-corrected chi connectivity index (χ1v) is 13.6. The molecular formula is C32H33N5O3. The van der Waals surface area contributed by atoms with Crippen molar-refractivity contribution in [1.29, 1.82) is 0 Å². The van der Waals surface area contributed by atoms with Crippen LogP contribution in [-0.2, 0) is 26.2 Å². The molecule has 1 aliphatic rings. The minimum atomic E-state index is -0.213. The Bertz CT molecular complexity index is 1330. The fourth-order valence-corrected chi connectivity index (χ4v) is 4.70. The lowest BCUT2D eigenvalue weighted by molar-refractivity contribution is 0.0649. The van der Waals surface area contributed by atoms with Gasteiger partial charge in [-0.3, -0.25) is 24.5 Å². The number of imide groups is 1. The van der Waals surface area contributed by atoms with Gasteiger partial charge in [0.05, 0.1) is 29.1 Å². The van der Waals surface area contributed by atoms with Crippen LogP contribution in [0, 0.1) is 0 Å². The number of ether oxygens (including phenoxy) is 1. The zero-order valence-electron chi connectivity index (χ0n) is 22.4. The quantitative estimate of drug-likeness (QED) is 0.181. The molecule has 0 fully saturated rings. The van der Waals surface area contributed by atoms with E-state index in [0.29, 0.717) is 56.9 Å². The van der Waals surface area contributed by atoms with Gasteiger partial charge in [-0.25, -0.2) is 0 Å². The SMILES string of the molecule is O=C1c2ccccc2C(=O)N1CCCCOc1cc(CNCc2ccccn2)cc(CNCc2ccccn2)c1. The molecule has 0 atom stereocenters. The van der Waals surface area contributed by atoms with E-state index in [9.17, 15) is 9.59 Å². The van der Waals surface area contributed by atoms with E-state index in [0.717, 1.165) is 34.7 Å². The van der Waals surface area contributed by atoms with Crippen LogP contribution in [0.5, 0.6) is 5.75 Å². The topological polar surface area (TPSA) is 96.5 Å². The average molecular weight is 536 g/mol. The smallest absolute Gasteiger partial charge is 0.261 e. The van der Waals surface area contributed by atoms with Crippen LogP contribution in [0.25, 0.3) is 0 Å². The molecule has 2 amide bonds. The number of rotatable bonds is 14. The molecule has 0 aliphatic carbocycles. The van der Waals surface area contributed by atoms with Gasteiger partial charge in [0.25, 0.3) is 11.8 Å². The van der Waals surface area contributed by atoms with E-state index in [1.165, 1.54) is 4.90 Å². The van der Waals surface area contributed by atoms with E-state index in [4.69, 9.17) is 4.74 Å². The van der Waals surface area contributed by atoms with Crippen molar-refractivity contribution in [2.45, 2.75) is 39.0 Å².